The second-order valence-corrected chi connectivity index (χ2v) is 6.34. The van der Waals surface area contributed by atoms with Gasteiger partial charge in [-0.2, -0.15) is 0 Å². The highest BCUT2D eigenvalue weighted by atomic mass is 16.6. The Morgan fingerprint density at radius 1 is 1.00 bits per heavy atom. The van der Waals surface area contributed by atoms with Gasteiger partial charge in [0.15, 0.2) is 6.04 Å². The fourth-order valence-electron chi connectivity index (χ4n) is 3.35. The summed E-state index contributed by atoms with van der Waals surface area (Å²) in [5, 5.41) is 14.0. The molecule has 0 spiro atoms. The molecule has 0 aliphatic carbocycles. The highest BCUT2D eigenvalue weighted by Gasteiger charge is 2.66. The largest absolute Gasteiger partial charge is 0.465 e. The quantitative estimate of drug-likeness (QED) is 0.371. The van der Waals surface area contributed by atoms with E-state index in [-0.39, 0.29) is 36.6 Å². The predicted octanol–water partition coefficient (Wildman–Crippen LogP) is 0.976. The summed E-state index contributed by atoms with van der Waals surface area (Å²) in [7, 11) is 1.19. The Balaban J connectivity index is 2.75. The predicted molar refractivity (Wildman–Crippen MR) is 102 cm³/mol. The smallest absolute Gasteiger partial charge is 0.337 e. The van der Waals surface area contributed by atoms with Crippen LogP contribution < -0.4 is 5.32 Å². The molecule has 2 N–H and O–H groups in total. The number of esters is 4. The van der Waals surface area contributed by atoms with Crippen LogP contribution >= 0.6 is 0 Å². The van der Waals surface area contributed by atoms with Crippen LogP contribution in [0.25, 0.3) is 0 Å². The molecule has 0 bridgehead atoms. The zero-order chi connectivity index (χ0) is 22.5. The first-order valence-electron chi connectivity index (χ1n) is 9.47. The fraction of sp³-hybridized carbons (Fsp3) is 0.500. The molecule has 10 heteroatoms. The van der Waals surface area contributed by atoms with Crippen LogP contribution in [0.1, 0.15) is 42.8 Å². The van der Waals surface area contributed by atoms with Gasteiger partial charge in [0.2, 0.25) is 5.41 Å². The maximum Gasteiger partial charge on any atom is 0.337 e. The molecule has 1 aromatic carbocycles. The molecule has 0 aromatic heterocycles. The van der Waals surface area contributed by atoms with Crippen LogP contribution in [0.4, 0.5) is 5.69 Å². The summed E-state index contributed by atoms with van der Waals surface area (Å²) in [6, 6.07) is 2.49. The van der Waals surface area contributed by atoms with Gasteiger partial charge >= 0.3 is 23.9 Å². The number of methoxy groups -OCH3 is 1. The first-order chi connectivity index (χ1) is 14.3. The minimum absolute atomic E-state index is 0.0248. The molecule has 0 radical (unpaired) electrons. The van der Waals surface area contributed by atoms with Gasteiger partial charge in [-0.15, -0.1) is 0 Å². The molecule has 0 saturated heterocycles. The van der Waals surface area contributed by atoms with E-state index >= 15 is 0 Å². The van der Waals surface area contributed by atoms with Gasteiger partial charge in [0, 0.05) is 11.3 Å². The van der Waals surface area contributed by atoms with E-state index in [4.69, 9.17) is 14.2 Å². The van der Waals surface area contributed by atoms with Gasteiger partial charge in [0.25, 0.3) is 0 Å². The number of aliphatic hydroxyl groups excluding tert-OH is 1. The average molecular weight is 423 g/mol. The van der Waals surface area contributed by atoms with E-state index in [1.807, 2.05) is 0 Å². The van der Waals surface area contributed by atoms with E-state index in [1.54, 1.807) is 6.92 Å². The van der Waals surface area contributed by atoms with Crippen molar-refractivity contribution in [2.75, 3.05) is 32.2 Å². The summed E-state index contributed by atoms with van der Waals surface area (Å²) in [6.45, 7) is 4.34. The van der Waals surface area contributed by atoms with E-state index in [2.05, 4.69) is 10.1 Å². The molecule has 2 rings (SSSR count). The maximum atomic E-state index is 13.0. The van der Waals surface area contributed by atoms with Crippen molar-refractivity contribution in [2.45, 2.75) is 32.9 Å². The van der Waals surface area contributed by atoms with Gasteiger partial charge < -0.3 is 29.4 Å². The molecular weight excluding hydrogens is 398 g/mol. The third-order valence-electron chi connectivity index (χ3n) is 4.70. The van der Waals surface area contributed by atoms with Crippen molar-refractivity contribution in [1.82, 2.24) is 0 Å². The van der Waals surface area contributed by atoms with Crippen molar-refractivity contribution in [2.24, 2.45) is 5.41 Å². The van der Waals surface area contributed by atoms with Crippen molar-refractivity contribution in [3.8, 4) is 0 Å². The first kappa shape index (κ1) is 23.1. The standard InChI is InChI=1S/C20H25NO9/c1-5-28-17(24)14-20(18(25)29-6-2,19(26)30-7-3)15(22)12-10-11(16(23)27-4)8-9-13(12)21-14/h8-10,14-15,21-22H,5-7H2,1-4H3/t14-,15-/m1/s1. The fourth-order valence-corrected chi connectivity index (χ4v) is 3.35. The molecule has 2 atom stereocenters. The van der Waals surface area contributed by atoms with Gasteiger partial charge in [-0.1, -0.05) is 0 Å². The van der Waals surface area contributed by atoms with E-state index in [9.17, 15) is 24.3 Å². The summed E-state index contributed by atoms with van der Waals surface area (Å²) >= 11 is 0. The number of nitrogens with one attached hydrogen (secondary N) is 1. The Labute approximate surface area is 173 Å². The molecule has 1 heterocycles. The van der Waals surface area contributed by atoms with E-state index < -0.39 is 41.4 Å². The van der Waals surface area contributed by atoms with Crippen LogP contribution in [0.2, 0.25) is 0 Å². The average Bonchev–Trinajstić information content (AvgIpc) is 2.73. The summed E-state index contributed by atoms with van der Waals surface area (Å²) in [4.78, 5) is 50.7. The number of hydrogen-bond donors (Lipinski definition) is 2. The molecule has 1 aliphatic rings. The molecule has 0 saturated carbocycles. The molecule has 0 unspecified atom stereocenters. The zero-order valence-electron chi connectivity index (χ0n) is 17.2. The second-order valence-electron chi connectivity index (χ2n) is 6.34. The third kappa shape index (κ3) is 3.82. The number of carbonyl (C=O) groups excluding carboxylic acids is 4. The Hall–Kier alpha value is -3.14. The van der Waals surface area contributed by atoms with Gasteiger partial charge in [-0.05, 0) is 39.0 Å². The minimum Gasteiger partial charge on any atom is -0.465 e. The lowest BCUT2D eigenvalue weighted by molar-refractivity contribution is -0.189. The van der Waals surface area contributed by atoms with E-state index in [0.29, 0.717) is 0 Å². The number of hydrogen-bond acceptors (Lipinski definition) is 10. The summed E-state index contributed by atoms with van der Waals surface area (Å²) in [5.74, 6) is -3.94. The molecular formula is C20H25NO9. The highest BCUT2D eigenvalue weighted by Crippen LogP contribution is 2.48. The molecule has 10 nitrogen and oxygen atoms in total. The van der Waals surface area contributed by atoms with Crippen LogP contribution in [0.5, 0.6) is 0 Å². The molecule has 0 amide bonds. The number of anilines is 1. The number of ether oxygens (including phenoxy) is 4. The van der Waals surface area contributed by atoms with Gasteiger partial charge in [0.1, 0.15) is 6.10 Å². The number of carbonyl (C=O) groups is 4. The third-order valence-corrected chi connectivity index (χ3v) is 4.70. The van der Waals surface area contributed by atoms with E-state index in [1.165, 1.54) is 39.2 Å². The Morgan fingerprint density at radius 2 is 1.57 bits per heavy atom. The maximum absolute atomic E-state index is 13.0. The van der Waals surface area contributed by atoms with Crippen LogP contribution in [0, 0.1) is 5.41 Å². The van der Waals surface area contributed by atoms with Crippen LogP contribution in [-0.4, -0.2) is 62.0 Å². The van der Waals surface area contributed by atoms with Crippen LogP contribution in [0.3, 0.4) is 0 Å². The van der Waals surface area contributed by atoms with Crippen LogP contribution in [-0.2, 0) is 33.3 Å². The number of aliphatic hydroxyl groups is 1. The SMILES string of the molecule is CCOC(=O)[C@H]1Nc2ccc(C(=O)OC)cc2[C@@H](O)C1(C(=O)OCC)C(=O)OCC. The lowest BCUT2D eigenvalue weighted by Gasteiger charge is -2.43. The molecule has 0 fully saturated rings. The highest BCUT2D eigenvalue weighted by molar-refractivity contribution is 6.08. The Morgan fingerprint density at radius 3 is 2.07 bits per heavy atom. The Kier molecular flexibility index (Phi) is 7.38. The summed E-state index contributed by atoms with van der Waals surface area (Å²) in [6.07, 6.45) is -1.87. The second kappa shape index (κ2) is 9.57. The molecule has 30 heavy (non-hydrogen) atoms. The Bertz CT molecular complexity index is 818. The molecule has 1 aromatic rings. The van der Waals surface area contributed by atoms with Crippen molar-refractivity contribution in [1.29, 1.82) is 0 Å². The number of rotatable bonds is 7. The number of fused-ring (bicyclic) bond motifs is 1. The van der Waals surface area contributed by atoms with Crippen molar-refractivity contribution < 1.29 is 43.2 Å². The lowest BCUT2D eigenvalue weighted by Crippen LogP contribution is -2.62. The van der Waals surface area contributed by atoms with Gasteiger partial charge in [-0.25, -0.2) is 9.59 Å². The first-order valence-corrected chi connectivity index (χ1v) is 9.47. The van der Waals surface area contributed by atoms with Gasteiger partial charge in [-0.3, -0.25) is 9.59 Å². The van der Waals surface area contributed by atoms with Crippen LogP contribution in [0.15, 0.2) is 18.2 Å². The number of benzene rings is 1. The summed E-state index contributed by atoms with van der Waals surface area (Å²) < 4.78 is 19.8. The normalized spacial score (nSPS) is 19.0. The monoisotopic (exact) mass is 423 g/mol. The van der Waals surface area contributed by atoms with Crippen molar-refractivity contribution >= 4 is 29.6 Å². The van der Waals surface area contributed by atoms with E-state index in [0.717, 1.165) is 0 Å². The zero-order valence-corrected chi connectivity index (χ0v) is 17.2. The van der Waals surface area contributed by atoms with Crippen molar-refractivity contribution in [3.63, 3.8) is 0 Å². The lowest BCUT2D eigenvalue weighted by atomic mass is 9.69. The van der Waals surface area contributed by atoms with Crippen molar-refractivity contribution in [3.05, 3.63) is 29.3 Å². The summed E-state index contributed by atoms with van der Waals surface area (Å²) in [5.41, 5.74) is -2.15. The minimum atomic E-state index is -2.49. The topological polar surface area (TPSA) is 137 Å². The van der Waals surface area contributed by atoms with Gasteiger partial charge in [0.05, 0.1) is 32.5 Å². The molecule has 1 aliphatic heterocycles. The molecule has 164 valence electrons.